The second-order valence-corrected chi connectivity index (χ2v) is 9.86. The number of benzene rings is 2. The fourth-order valence-corrected chi connectivity index (χ4v) is 5.21. The highest BCUT2D eigenvalue weighted by Crippen LogP contribution is 2.22. The number of carbonyl (C=O) groups is 1. The van der Waals surface area contributed by atoms with Gasteiger partial charge in [-0.3, -0.25) is 14.5 Å². The molecule has 7 nitrogen and oxygen atoms in total. The number of nitrogens with one attached hydrogen (secondary N) is 2. The van der Waals surface area contributed by atoms with Gasteiger partial charge in [-0.25, -0.2) is 13.4 Å². The lowest BCUT2D eigenvalue weighted by atomic mass is 10.2. The third kappa shape index (κ3) is 5.56. The third-order valence-corrected chi connectivity index (χ3v) is 7.11. The molecule has 0 bridgehead atoms. The maximum Gasteiger partial charge on any atom is 0.262 e. The van der Waals surface area contributed by atoms with Crippen LogP contribution in [0.15, 0.2) is 64.5 Å². The number of aromatic nitrogens is 1. The zero-order valence-corrected chi connectivity index (χ0v) is 18.4. The van der Waals surface area contributed by atoms with Crippen molar-refractivity contribution in [3.63, 3.8) is 0 Å². The maximum atomic E-state index is 12.7. The Morgan fingerprint density at radius 3 is 2.81 bits per heavy atom. The lowest BCUT2D eigenvalue weighted by Gasteiger charge is -2.11. The first-order valence-electron chi connectivity index (χ1n) is 10.0. The molecule has 0 fully saturated rings. The summed E-state index contributed by atoms with van der Waals surface area (Å²) in [5.74, 6) is 0.126. The van der Waals surface area contributed by atoms with E-state index in [1.54, 1.807) is 18.2 Å². The van der Waals surface area contributed by atoms with Crippen molar-refractivity contribution in [2.75, 3.05) is 11.9 Å². The number of sulfonamides is 1. The number of aliphatic imine (C=N–C) groups is 1. The molecule has 0 unspecified atom stereocenters. The number of hydrogen-bond donors (Lipinski definition) is 2. The molecular weight excluding hydrogens is 432 g/mol. The average molecular weight is 455 g/mol. The van der Waals surface area contributed by atoms with Crippen molar-refractivity contribution in [1.82, 2.24) is 9.71 Å². The second-order valence-electron chi connectivity index (χ2n) is 7.11. The van der Waals surface area contributed by atoms with Gasteiger partial charge in [-0.15, -0.1) is 11.3 Å². The Kier molecular flexibility index (Phi) is 6.43. The molecule has 0 saturated carbocycles. The quantitative estimate of drug-likeness (QED) is 0.564. The first kappa shape index (κ1) is 21.2. The summed E-state index contributed by atoms with van der Waals surface area (Å²) in [7, 11) is -3.76. The summed E-state index contributed by atoms with van der Waals surface area (Å²) < 4.78 is 29.1. The minimum Gasteiger partial charge on any atom is -0.322 e. The average Bonchev–Trinajstić information content (AvgIpc) is 3.01. The summed E-state index contributed by atoms with van der Waals surface area (Å²) in [6.07, 6.45) is 6.58. The molecule has 0 spiro atoms. The van der Waals surface area contributed by atoms with E-state index < -0.39 is 10.0 Å². The van der Waals surface area contributed by atoms with Crippen LogP contribution >= 0.6 is 11.3 Å². The number of thiazole rings is 1. The van der Waals surface area contributed by atoms with Gasteiger partial charge >= 0.3 is 0 Å². The van der Waals surface area contributed by atoms with E-state index in [1.807, 2.05) is 24.3 Å². The van der Waals surface area contributed by atoms with Gasteiger partial charge in [0.25, 0.3) is 10.0 Å². The Morgan fingerprint density at radius 1 is 1.06 bits per heavy atom. The molecule has 0 radical (unpaired) electrons. The van der Waals surface area contributed by atoms with E-state index in [0.717, 1.165) is 34.5 Å². The molecule has 2 heterocycles. The van der Waals surface area contributed by atoms with Gasteiger partial charge in [0.05, 0.1) is 15.1 Å². The summed E-state index contributed by atoms with van der Waals surface area (Å²) in [4.78, 5) is 21.2. The fourth-order valence-electron chi connectivity index (χ4n) is 3.20. The molecule has 1 amide bonds. The topological polar surface area (TPSA) is 101 Å². The highest BCUT2D eigenvalue weighted by Gasteiger charge is 2.17. The predicted molar refractivity (Wildman–Crippen MR) is 125 cm³/mol. The summed E-state index contributed by atoms with van der Waals surface area (Å²) >= 11 is 1.49. The molecular formula is C22H22N4O3S2. The van der Waals surface area contributed by atoms with Crippen molar-refractivity contribution in [1.29, 1.82) is 0 Å². The number of carbonyl (C=O) groups excluding carboxylic acids is 1. The molecule has 1 aliphatic heterocycles. The number of rotatable bonds is 5. The third-order valence-electron chi connectivity index (χ3n) is 4.73. The summed E-state index contributed by atoms with van der Waals surface area (Å²) in [6, 6.07) is 13.9. The normalized spacial score (nSPS) is 14.9. The molecule has 2 N–H and O–H groups in total. The Morgan fingerprint density at radius 2 is 1.94 bits per heavy atom. The summed E-state index contributed by atoms with van der Waals surface area (Å²) in [5, 5.41) is 3.42. The fraction of sp³-hybridized carbons (Fsp3) is 0.227. The molecule has 2 aromatic carbocycles. The van der Waals surface area contributed by atoms with Crippen LogP contribution in [0.2, 0.25) is 0 Å². The van der Waals surface area contributed by atoms with E-state index in [0.29, 0.717) is 24.5 Å². The van der Waals surface area contributed by atoms with Crippen molar-refractivity contribution in [3.8, 4) is 0 Å². The van der Waals surface area contributed by atoms with Crippen LogP contribution in [0.1, 0.15) is 30.7 Å². The van der Waals surface area contributed by atoms with Crippen LogP contribution in [0.5, 0.6) is 0 Å². The molecule has 0 saturated heterocycles. The number of hydrogen-bond acceptors (Lipinski definition) is 6. The van der Waals surface area contributed by atoms with E-state index in [-0.39, 0.29) is 10.8 Å². The van der Waals surface area contributed by atoms with Gasteiger partial charge in [0.2, 0.25) is 5.91 Å². The molecule has 31 heavy (non-hydrogen) atoms. The molecule has 3 aromatic rings. The summed E-state index contributed by atoms with van der Waals surface area (Å²) in [6.45, 7) is 0.634. The largest absolute Gasteiger partial charge is 0.322 e. The van der Waals surface area contributed by atoms with Gasteiger partial charge in [0.15, 0.2) is 0 Å². The molecule has 160 valence electrons. The van der Waals surface area contributed by atoms with Crippen LogP contribution in [0.3, 0.4) is 0 Å². The van der Waals surface area contributed by atoms with Gasteiger partial charge in [-0.1, -0.05) is 24.6 Å². The lowest BCUT2D eigenvalue weighted by Crippen LogP contribution is -2.30. The van der Waals surface area contributed by atoms with Gasteiger partial charge in [-0.05, 0) is 49.2 Å². The van der Waals surface area contributed by atoms with E-state index in [4.69, 9.17) is 0 Å². The Labute approximate surface area is 185 Å². The monoisotopic (exact) mass is 454 g/mol. The smallest absolute Gasteiger partial charge is 0.262 e. The van der Waals surface area contributed by atoms with Gasteiger partial charge in [0, 0.05) is 24.7 Å². The lowest BCUT2D eigenvalue weighted by molar-refractivity contribution is -0.111. The van der Waals surface area contributed by atoms with Crippen molar-refractivity contribution in [2.45, 2.75) is 30.6 Å². The number of fused-ring (bicyclic) bond motifs is 1. The van der Waals surface area contributed by atoms with Gasteiger partial charge in [-0.2, -0.15) is 0 Å². The molecule has 1 aromatic heterocycles. The minimum absolute atomic E-state index is 0.0763. The van der Waals surface area contributed by atoms with Gasteiger partial charge < -0.3 is 5.32 Å². The molecule has 0 atom stereocenters. The number of anilines is 1. The highest BCUT2D eigenvalue weighted by atomic mass is 32.2. The number of para-hydroxylation sites is 1. The summed E-state index contributed by atoms with van der Waals surface area (Å²) in [5.41, 5.74) is 1.28. The predicted octanol–water partition coefficient (Wildman–Crippen LogP) is 4.20. The van der Waals surface area contributed by atoms with Crippen molar-refractivity contribution in [2.24, 2.45) is 4.99 Å². The van der Waals surface area contributed by atoms with Crippen LogP contribution < -0.4 is 10.0 Å². The molecule has 9 heteroatoms. The molecule has 4 rings (SSSR count). The van der Waals surface area contributed by atoms with Crippen LogP contribution in [0, 0.1) is 0 Å². The zero-order valence-electron chi connectivity index (χ0n) is 16.7. The SMILES string of the molecule is O=C(C=Cc1nc2ccccc2s1)Nc1cccc(S(=O)(=O)NC2=NCCCCC2)c1. The van der Waals surface area contributed by atoms with Gasteiger partial charge in [0.1, 0.15) is 10.8 Å². The maximum absolute atomic E-state index is 12.7. The van der Waals surface area contributed by atoms with Crippen LogP contribution in [0.25, 0.3) is 16.3 Å². The van der Waals surface area contributed by atoms with Crippen molar-refractivity contribution < 1.29 is 13.2 Å². The van der Waals surface area contributed by atoms with Crippen LogP contribution in [0.4, 0.5) is 5.69 Å². The highest BCUT2D eigenvalue weighted by molar-refractivity contribution is 7.90. The number of amidine groups is 1. The number of nitrogens with zero attached hydrogens (tertiary/aromatic N) is 2. The first-order chi connectivity index (χ1) is 15.0. The molecule has 1 aliphatic rings. The van der Waals surface area contributed by atoms with Crippen LogP contribution in [-0.2, 0) is 14.8 Å². The second kappa shape index (κ2) is 9.40. The zero-order chi connectivity index (χ0) is 21.7. The van der Waals surface area contributed by atoms with Crippen molar-refractivity contribution >= 4 is 55.1 Å². The van der Waals surface area contributed by atoms with E-state index >= 15 is 0 Å². The molecule has 0 aliphatic carbocycles. The Bertz CT molecular complexity index is 1230. The van der Waals surface area contributed by atoms with E-state index in [2.05, 4.69) is 20.0 Å². The van der Waals surface area contributed by atoms with E-state index in [9.17, 15) is 13.2 Å². The van der Waals surface area contributed by atoms with Crippen LogP contribution in [-0.4, -0.2) is 31.7 Å². The van der Waals surface area contributed by atoms with E-state index in [1.165, 1.54) is 29.5 Å². The number of amides is 1. The first-order valence-corrected chi connectivity index (χ1v) is 12.3. The minimum atomic E-state index is -3.76. The Hall–Kier alpha value is -3.04. The Balaban J connectivity index is 1.43. The van der Waals surface area contributed by atoms with Crippen molar-refractivity contribution in [3.05, 3.63) is 59.6 Å². The standard InChI is InChI=1S/C22H22N4O3S2/c27-21(12-13-22-25-18-9-3-4-10-19(18)30-22)24-16-7-6-8-17(15-16)31(28,29)26-20-11-2-1-5-14-23-20/h3-4,6-10,12-13,15H,1-2,5,11,14H2,(H,23,26)(H,24,27).